The molecule has 14 nitrogen and oxygen atoms in total. The Kier molecular flexibility index (Phi) is 52.6. The lowest BCUT2D eigenvalue weighted by molar-refractivity contribution is -0.359. The number of hydrogen-bond donors (Lipinski definition) is 9. The van der Waals surface area contributed by atoms with Crippen LogP contribution in [0.4, 0.5) is 0 Å². The molecule has 86 heavy (non-hydrogen) atoms. The lowest BCUT2D eigenvalue weighted by Crippen LogP contribution is -2.65. The van der Waals surface area contributed by atoms with Crippen LogP contribution < -0.4 is 5.32 Å². The third-order valence-electron chi connectivity index (χ3n) is 17.2. The highest BCUT2D eigenvalue weighted by Gasteiger charge is 2.51. The van der Waals surface area contributed by atoms with Crippen molar-refractivity contribution in [3.63, 3.8) is 0 Å². The molecule has 0 aliphatic carbocycles. The Labute approximate surface area is 524 Å². The lowest BCUT2D eigenvalue weighted by atomic mass is 9.97. The fourth-order valence-corrected chi connectivity index (χ4v) is 11.5. The van der Waals surface area contributed by atoms with Crippen LogP contribution >= 0.6 is 0 Å². The van der Waals surface area contributed by atoms with E-state index in [-0.39, 0.29) is 18.9 Å². The van der Waals surface area contributed by atoms with E-state index in [1.54, 1.807) is 6.08 Å². The fraction of sp³-hybridized carbons (Fsp3) is 0.847. The zero-order valence-electron chi connectivity index (χ0n) is 54.6. The van der Waals surface area contributed by atoms with Gasteiger partial charge in [-0.2, -0.15) is 0 Å². The van der Waals surface area contributed by atoms with Gasteiger partial charge in [0.15, 0.2) is 12.6 Å². The molecule has 12 unspecified atom stereocenters. The molecular weight excluding hydrogens is 1090 g/mol. The van der Waals surface area contributed by atoms with Gasteiger partial charge in [0.05, 0.1) is 32.0 Å². The summed E-state index contributed by atoms with van der Waals surface area (Å²) in [7, 11) is 0. The topological polar surface area (TPSA) is 228 Å². The van der Waals surface area contributed by atoms with Gasteiger partial charge in [0, 0.05) is 6.42 Å². The van der Waals surface area contributed by atoms with Crippen LogP contribution in [0, 0.1) is 0 Å². The second-order valence-corrected chi connectivity index (χ2v) is 25.0. The molecule has 2 rings (SSSR count). The summed E-state index contributed by atoms with van der Waals surface area (Å²) >= 11 is 0. The first-order valence-corrected chi connectivity index (χ1v) is 35.5. The van der Waals surface area contributed by atoms with E-state index in [0.717, 1.165) is 51.4 Å². The number of ether oxygens (including phenoxy) is 4. The van der Waals surface area contributed by atoms with Crippen LogP contribution in [0.1, 0.15) is 296 Å². The smallest absolute Gasteiger partial charge is 0.220 e. The van der Waals surface area contributed by atoms with Crippen LogP contribution in [0.3, 0.4) is 0 Å². The predicted molar refractivity (Wildman–Crippen MR) is 350 cm³/mol. The van der Waals surface area contributed by atoms with E-state index in [1.165, 1.54) is 212 Å². The number of carbonyl (C=O) groups is 1. The van der Waals surface area contributed by atoms with E-state index < -0.39 is 86.8 Å². The van der Waals surface area contributed by atoms with E-state index in [2.05, 4.69) is 67.8 Å². The highest BCUT2D eigenvalue weighted by Crippen LogP contribution is 2.30. The van der Waals surface area contributed by atoms with Crippen LogP contribution in [-0.4, -0.2) is 140 Å². The Morgan fingerprint density at radius 3 is 1.21 bits per heavy atom. The van der Waals surface area contributed by atoms with Crippen LogP contribution in [0.25, 0.3) is 0 Å². The maximum absolute atomic E-state index is 13.3. The average molecular weight is 1220 g/mol. The lowest BCUT2D eigenvalue weighted by Gasteiger charge is -2.46. The monoisotopic (exact) mass is 1220 g/mol. The Bertz CT molecular complexity index is 1670. The van der Waals surface area contributed by atoms with Crippen molar-refractivity contribution in [3.05, 3.63) is 60.8 Å². The van der Waals surface area contributed by atoms with Gasteiger partial charge in [-0.3, -0.25) is 4.79 Å². The van der Waals surface area contributed by atoms with Crippen molar-refractivity contribution in [3.8, 4) is 0 Å². The first-order chi connectivity index (χ1) is 42.1. The van der Waals surface area contributed by atoms with Crippen molar-refractivity contribution in [2.24, 2.45) is 0 Å². The molecule has 14 heteroatoms. The quantitative estimate of drug-likeness (QED) is 0.0204. The molecule has 0 aromatic rings. The minimum atomic E-state index is -1.79. The summed E-state index contributed by atoms with van der Waals surface area (Å²) in [5.74, 6) is -0.250. The molecule has 0 aromatic heterocycles. The summed E-state index contributed by atoms with van der Waals surface area (Å²) in [5.41, 5.74) is 0. The third-order valence-corrected chi connectivity index (χ3v) is 17.2. The molecule has 0 bridgehead atoms. The van der Waals surface area contributed by atoms with E-state index in [0.29, 0.717) is 12.8 Å². The molecule has 0 aromatic carbocycles. The first-order valence-electron chi connectivity index (χ1n) is 35.5. The number of unbranched alkanes of at least 4 members (excludes halogenated alkanes) is 37. The van der Waals surface area contributed by atoms with Crippen LogP contribution in [0.2, 0.25) is 0 Å². The number of rotatable bonds is 58. The minimum absolute atomic E-state index is 0.250. The summed E-state index contributed by atoms with van der Waals surface area (Å²) in [6, 6.07) is -0.938. The molecule has 0 radical (unpaired) electrons. The number of carbonyl (C=O) groups excluding carboxylic acids is 1. The molecule has 2 saturated heterocycles. The highest BCUT2D eigenvalue weighted by molar-refractivity contribution is 5.76. The second kappa shape index (κ2) is 56.7. The number of hydrogen-bond acceptors (Lipinski definition) is 13. The molecule has 2 heterocycles. The number of aliphatic hydroxyl groups is 8. The van der Waals surface area contributed by atoms with E-state index in [9.17, 15) is 45.6 Å². The molecule has 9 N–H and O–H groups in total. The van der Waals surface area contributed by atoms with E-state index in [1.807, 2.05) is 6.08 Å². The Morgan fingerprint density at radius 2 is 0.779 bits per heavy atom. The molecule has 2 fully saturated rings. The average Bonchev–Trinajstić information content (AvgIpc) is 2.46. The molecule has 502 valence electrons. The van der Waals surface area contributed by atoms with Gasteiger partial charge in [-0.25, -0.2) is 0 Å². The molecule has 12 atom stereocenters. The van der Waals surface area contributed by atoms with Gasteiger partial charge in [-0.1, -0.05) is 274 Å². The van der Waals surface area contributed by atoms with Crippen molar-refractivity contribution in [1.82, 2.24) is 5.32 Å². The second-order valence-electron chi connectivity index (χ2n) is 25.0. The molecule has 0 saturated carbocycles. The SMILES string of the molecule is CCCCCCC/C=C\C/C=C\CCCCCCCCCCCCCCCCCCCCCCCCCC(=O)NC(COC1OC(CO)C(OC2OC(CO)C(O)C(O)C2O)C(O)C1O)C(O)/C=C/CC/C=C/CC/C=C/CCCCCCCCC. The first kappa shape index (κ1) is 79.8. The molecular formula is C72H131NO13. The Morgan fingerprint density at radius 1 is 0.419 bits per heavy atom. The molecule has 2 aliphatic heterocycles. The van der Waals surface area contributed by atoms with Gasteiger partial charge in [0.2, 0.25) is 5.91 Å². The Balaban J connectivity index is 1.62. The summed E-state index contributed by atoms with van der Waals surface area (Å²) < 4.78 is 22.8. The molecule has 0 spiro atoms. The third kappa shape index (κ3) is 40.4. The summed E-state index contributed by atoms with van der Waals surface area (Å²) in [6.07, 6.45) is 58.7. The van der Waals surface area contributed by atoms with Crippen LogP contribution in [0.5, 0.6) is 0 Å². The van der Waals surface area contributed by atoms with E-state index >= 15 is 0 Å². The van der Waals surface area contributed by atoms with Crippen LogP contribution in [0.15, 0.2) is 60.8 Å². The van der Waals surface area contributed by atoms with Gasteiger partial charge in [-0.05, 0) is 77.0 Å². The maximum Gasteiger partial charge on any atom is 0.220 e. The molecule has 2 aliphatic rings. The summed E-state index contributed by atoms with van der Waals surface area (Å²) in [5, 5.41) is 87.3. The maximum atomic E-state index is 13.3. The van der Waals surface area contributed by atoms with Gasteiger partial charge in [-0.15, -0.1) is 0 Å². The minimum Gasteiger partial charge on any atom is -0.394 e. The number of allylic oxidation sites excluding steroid dienone is 9. The predicted octanol–water partition coefficient (Wildman–Crippen LogP) is 14.5. The van der Waals surface area contributed by atoms with Gasteiger partial charge >= 0.3 is 0 Å². The van der Waals surface area contributed by atoms with Gasteiger partial charge < -0.3 is 65.1 Å². The number of amides is 1. The highest BCUT2D eigenvalue weighted by atomic mass is 16.7. The standard InChI is InChI=1S/C72H131NO13/c1-3-5-7-9-11-13-15-17-19-21-22-23-24-25-26-27-28-29-30-31-32-33-34-35-36-37-38-40-42-44-46-48-50-52-54-56-64(77)73-60(61(76)55-53-51-49-47-45-43-41-39-20-18-16-14-12-10-8-6-4-2)59-83-71-69(82)67(80)70(63(58-75)85-71)86-72-68(81)66(79)65(78)62(57-74)84-72/h15,17,20-22,39,45,47,53,55,60-63,65-72,74-76,78-82H,3-14,16,18-19,23-38,40-44,46,48-52,54,56-59H2,1-2H3,(H,73,77)/b17-15-,22-21-,39-20+,47-45+,55-53+. The van der Waals surface area contributed by atoms with Gasteiger partial charge in [0.25, 0.3) is 0 Å². The van der Waals surface area contributed by atoms with Crippen molar-refractivity contribution in [1.29, 1.82) is 0 Å². The summed E-state index contributed by atoms with van der Waals surface area (Å²) in [6.45, 7) is 2.78. The van der Waals surface area contributed by atoms with Gasteiger partial charge in [0.1, 0.15) is 48.8 Å². The van der Waals surface area contributed by atoms with Crippen LogP contribution in [-0.2, 0) is 23.7 Å². The van der Waals surface area contributed by atoms with Crippen molar-refractivity contribution in [2.75, 3.05) is 19.8 Å². The summed E-state index contributed by atoms with van der Waals surface area (Å²) in [4.78, 5) is 13.3. The largest absolute Gasteiger partial charge is 0.394 e. The zero-order chi connectivity index (χ0) is 62.3. The number of aliphatic hydroxyl groups excluding tert-OH is 8. The normalized spacial score (nSPS) is 23.7. The zero-order valence-corrected chi connectivity index (χ0v) is 54.6. The van der Waals surface area contributed by atoms with E-state index in [4.69, 9.17) is 18.9 Å². The van der Waals surface area contributed by atoms with Crippen molar-refractivity contribution >= 4 is 5.91 Å². The molecule has 1 amide bonds. The Hall–Kier alpha value is -2.31. The van der Waals surface area contributed by atoms with Crippen molar-refractivity contribution in [2.45, 2.75) is 370 Å². The van der Waals surface area contributed by atoms with Crippen molar-refractivity contribution < 1.29 is 64.6 Å². The number of nitrogens with one attached hydrogen (secondary N) is 1. The fourth-order valence-electron chi connectivity index (χ4n) is 11.5.